The lowest BCUT2D eigenvalue weighted by Gasteiger charge is -1.84. The number of nitrogens with zero attached hydrogens (tertiary/aromatic N) is 3. The topological polar surface area (TPSA) is 30.2 Å². The van der Waals surface area contributed by atoms with Crippen molar-refractivity contribution < 1.29 is 0 Å². The highest BCUT2D eigenvalue weighted by Gasteiger charge is 1.86. The molecule has 0 saturated carbocycles. The van der Waals surface area contributed by atoms with Gasteiger partial charge in [0.05, 0.1) is 0 Å². The first-order valence-corrected chi connectivity index (χ1v) is 5.44. The van der Waals surface area contributed by atoms with Crippen LogP contribution in [-0.4, -0.2) is 14.6 Å². The maximum absolute atomic E-state index is 3.97. The summed E-state index contributed by atoms with van der Waals surface area (Å²) in [6.07, 6.45) is 3.40. The van der Waals surface area contributed by atoms with Gasteiger partial charge in [-0.15, -0.1) is 0 Å². The van der Waals surface area contributed by atoms with E-state index in [-0.39, 0.29) is 0 Å². The average Bonchev–Trinajstić information content (AvgIpc) is 2.67. The first-order chi connectivity index (χ1) is 7.20. The molecular formula is C12H21N3. The van der Waals surface area contributed by atoms with Gasteiger partial charge >= 0.3 is 0 Å². The van der Waals surface area contributed by atoms with Gasteiger partial charge in [-0.1, -0.05) is 40.7 Å². The van der Waals surface area contributed by atoms with Gasteiger partial charge in [-0.25, -0.2) is 9.50 Å². The highest BCUT2D eigenvalue weighted by Crippen LogP contribution is 1.93. The van der Waals surface area contributed by atoms with Crippen LogP contribution in [0.2, 0.25) is 0 Å². The van der Waals surface area contributed by atoms with Crippen LogP contribution in [0.25, 0.3) is 5.65 Å². The first kappa shape index (κ1) is 13.6. The molecular weight excluding hydrogens is 186 g/mol. The molecule has 15 heavy (non-hydrogen) atoms. The molecule has 0 atom stereocenters. The summed E-state index contributed by atoms with van der Waals surface area (Å²) in [6, 6.07) is 5.76. The van der Waals surface area contributed by atoms with Gasteiger partial charge in [-0.05, 0) is 18.1 Å². The van der Waals surface area contributed by atoms with Crippen LogP contribution in [0.1, 0.15) is 34.6 Å². The lowest BCUT2D eigenvalue weighted by Crippen LogP contribution is -1.82. The molecule has 0 amide bonds. The Labute approximate surface area is 92.2 Å². The Kier molecular flexibility index (Phi) is 7.24. The fourth-order valence-electron chi connectivity index (χ4n) is 0.766. The fourth-order valence-corrected chi connectivity index (χ4v) is 0.766. The predicted octanol–water partition coefficient (Wildman–Crippen LogP) is 3.42. The smallest absolute Gasteiger partial charge is 0.155 e. The minimum absolute atomic E-state index is 0.833. The quantitative estimate of drug-likeness (QED) is 0.662. The van der Waals surface area contributed by atoms with E-state index >= 15 is 0 Å². The first-order valence-electron chi connectivity index (χ1n) is 5.44. The van der Waals surface area contributed by atoms with Crippen molar-refractivity contribution in [2.75, 3.05) is 0 Å². The molecule has 2 aromatic heterocycles. The minimum atomic E-state index is 0.833. The monoisotopic (exact) mass is 207 g/mol. The third-order valence-corrected chi connectivity index (χ3v) is 1.18. The molecule has 0 aliphatic carbocycles. The third-order valence-electron chi connectivity index (χ3n) is 1.18. The maximum atomic E-state index is 3.97. The van der Waals surface area contributed by atoms with Crippen molar-refractivity contribution in [3.63, 3.8) is 0 Å². The lowest BCUT2D eigenvalue weighted by atomic mass is 10.3. The lowest BCUT2D eigenvalue weighted by molar-refractivity contribution is 0.737. The summed E-state index contributed by atoms with van der Waals surface area (Å²) < 4.78 is 1.72. The van der Waals surface area contributed by atoms with Crippen LogP contribution >= 0.6 is 0 Å². The summed E-state index contributed by atoms with van der Waals surface area (Å²) in [5, 5.41) is 3.92. The van der Waals surface area contributed by atoms with Crippen LogP contribution in [0.15, 0.2) is 30.7 Å². The van der Waals surface area contributed by atoms with Gasteiger partial charge in [-0.3, -0.25) is 0 Å². The van der Waals surface area contributed by atoms with Crippen LogP contribution in [0, 0.1) is 5.92 Å². The summed E-state index contributed by atoms with van der Waals surface area (Å²) >= 11 is 0. The molecule has 0 saturated heterocycles. The van der Waals surface area contributed by atoms with Crippen molar-refractivity contribution in [2.24, 2.45) is 5.92 Å². The molecule has 2 aromatic rings. The fraction of sp³-hybridized carbons (Fsp3) is 0.500. The zero-order valence-electron chi connectivity index (χ0n) is 10.3. The van der Waals surface area contributed by atoms with Crippen LogP contribution in [0.5, 0.6) is 0 Å². The Balaban J connectivity index is 0.000000282. The number of hydrogen-bond acceptors (Lipinski definition) is 2. The van der Waals surface area contributed by atoms with E-state index in [0.29, 0.717) is 0 Å². The standard InChI is InChI=1S/C6H5N3.C4H10.C2H6/c1-2-4-9-6(3-1)7-5-8-9;1-4(2)3;1-2/h1-5H;4H,1-3H3;1-2H3. The third kappa shape index (κ3) is 5.83. The Bertz CT molecular complexity index is 319. The SMILES string of the molecule is CC.CC(C)C.c1ccn2ncnc2c1. The Morgan fingerprint density at radius 2 is 1.73 bits per heavy atom. The van der Waals surface area contributed by atoms with Gasteiger partial charge in [0.15, 0.2) is 5.65 Å². The summed E-state index contributed by atoms with van der Waals surface area (Å²) in [7, 11) is 0. The van der Waals surface area contributed by atoms with E-state index in [1.54, 1.807) is 4.52 Å². The van der Waals surface area contributed by atoms with Crippen LogP contribution < -0.4 is 0 Å². The number of hydrogen-bond donors (Lipinski definition) is 0. The summed E-state index contributed by atoms with van der Waals surface area (Å²) in [5.74, 6) is 0.833. The zero-order chi connectivity index (χ0) is 11.7. The normalized spacial score (nSPS) is 8.93. The van der Waals surface area contributed by atoms with E-state index in [9.17, 15) is 0 Å². The molecule has 3 nitrogen and oxygen atoms in total. The van der Waals surface area contributed by atoms with E-state index in [1.807, 2.05) is 38.2 Å². The van der Waals surface area contributed by atoms with Crippen molar-refractivity contribution in [3.05, 3.63) is 30.7 Å². The minimum Gasteiger partial charge on any atom is -0.221 e. The van der Waals surface area contributed by atoms with Crippen LogP contribution in [0.4, 0.5) is 0 Å². The number of rotatable bonds is 0. The van der Waals surface area contributed by atoms with E-state index in [4.69, 9.17) is 0 Å². The van der Waals surface area contributed by atoms with Gasteiger partial charge in [-0.2, -0.15) is 5.10 Å². The van der Waals surface area contributed by atoms with Crippen molar-refractivity contribution >= 4 is 5.65 Å². The van der Waals surface area contributed by atoms with Gasteiger partial charge in [0.25, 0.3) is 0 Å². The summed E-state index contributed by atoms with van der Waals surface area (Å²) in [4.78, 5) is 3.97. The second kappa shape index (κ2) is 7.97. The molecule has 0 fully saturated rings. The second-order valence-corrected chi connectivity index (χ2v) is 3.50. The second-order valence-electron chi connectivity index (χ2n) is 3.50. The Morgan fingerprint density at radius 1 is 1.13 bits per heavy atom. The Morgan fingerprint density at radius 3 is 2.27 bits per heavy atom. The van der Waals surface area contributed by atoms with Crippen LogP contribution in [-0.2, 0) is 0 Å². The molecule has 0 N–H and O–H groups in total. The van der Waals surface area contributed by atoms with Gasteiger partial charge < -0.3 is 0 Å². The van der Waals surface area contributed by atoms with Crippen molar-refractivity contribution in [2.45, 2.75) is 34.6 Å². The van der Waals surface area contributed by atoms with Gasteiger partial charge in [0.1, 0.15) is 6.33 Å². The molecule has 0 bridgehead atoms. The summed E-state index contributed by atoms with van der Waals surface area (Å²) in [6.45, 7) is 10.5. The van der Waals surface area contributed by atoms with Gasteiger partial charge in [0, 0.05) is 6.20 Å². The molecule has 0 unspecified atom stereocenters. The average molecular weight is 207 g/mol. The molecule has 0 aromatic carbocycles. The molecule has 0 aliphatic heterocycles. The maximum Gasteiger partial charge on any atom is 0.155 e. The highest BCUT2D eigenvalue weighted by atomic mass is 15.3. The van der Waals surface area contributed by atoms with E-state index in [2.05, 4.69) is 30.9 Å². The van der Waals surface area contributed by atoms with E-state index < -0.39 is 0 Å². The van der Waals surface area contributed by atoms with Crippen LogP contribution in [0.3, 0.4) is 0 Å². The largest absolute Gasteiger partial charge is 0.221 e. The molecule has 0 radical (unpaired) electrons. The van der Waals surface area contributed by atoms with Gasteiger partial charge in [0.2, 0.25) is 0 Å². The van der Waals surface area contributed by atoms with Crippen molar-refractivity contribution in [1.29, 1.82) is 0 Å². The molecule has 84 valence electrons. The van der Waals surface area contributed by atoms with Crippen molar-refractivity contribution in [1.82, 2.24) is 14.6 Å². The highest BCUT2D eigenvalue weighted by molar-refractivity contribution is 5.34. The molecule has 2 rings (SSSR count). The molecule has 2 heterocycles. The predicted molar refractivity (Wildman–Crippen MR) is 64.8 cm³/mol. The molecule has 0 aliphatic rings. The molecule has 3 heteroatoms. The van der Waals surface area contributed by atoms with E-state index in [0.717, 1.165) is 11.6 Å². The van der Waals surface area contributed by atoms with Crippen molar-refractivity contribution in [3.8, 4) is 0 Å². The number of aromatic nitrogens is 3. The Hall–Kier alpha value is -1.38. The zero-order valence-corrected chi connectivity index (χ0v) is 10.3. The summed E-state index contributed by atoms with van der Waals surface area (Å²) in [5.41, 5.74) is 0.887. The molecule has 0 spiro atoms. The number of pyridine rings is 1. The number of fused-ring (bicyclic) bond motifs is 1. The van der Waals surface area contributed by atoms with E-state index in [1.165, 1.54) is 6.33 Å².